The molecule has 5 nitrogen and oxygen atoms in total. The van der Waals surface area contributed by atoms with Crippen molar-refractivity contribution in [2.24, 2.45) is 5.16 Å². The van der Waals surface area contributed by atoms with Gasteiger partial charge in [0.05, 0.1) is 5.71 Å². The molecule has 5 heteroatoms. The highest BCUT2D eigenvalue weighted by molar-refractivity contribution is 6.04. The van der Waals surface area contributed by atoms with Crippen molar-refractivity contribution < 1.29 is 14.7 Å². The fourth-order valence-electron chi connectivity index (χ4n) is 4.65. The predicted octanol–water partition coefficient (Wildman–Crippen LogP) is 5.26. The Labute approximate surface area is 188 Å². The maximum Gasteiger partial charge on any atom is 0.129 e. The van der Waals surface area contributed by atoms with Gasteiger partial charge in [-0.25, -0.2) is 0 Å². The summed E-state index contributed by atoms with van der Waals surface area (Å²) in [6.07, 6.45) is 2.42. The molecule has 0 aromatic heterocycles. The van der Waals surface area contributed by atoms with E-state index in [-0.39, 0.29) is 5.60 Å². The van der Waals surface area contributed by atoms with E-state index in [1.54, 1.807) is 0 Å². The van der Waals surface area contributed by atoms with Crippen LogP contribution in [0.3, 0.4) is 0 Å². The van der Waals surface area contributed by atoms with Gasteiger partial charge in [-0.1, -0.05) is 65.8 Å². The number of hydrogen-bond acceptors (Lipinski definition) is 5. The van der Waals surface area contributed by atoms with Gasteiger partial charge in [0.1, 0.15) is 23.7 Å². The molecule has 1 saturated heterocycles. The normalized spacial score (nSPS) is 18.8. The average molecular weight is 429 g/mol. The van der Waals surface area contributed by atoms with E-state index in [0.29, 0.717) is 18.7 Å². The van der Waals surface area contributed by atoms with Gasteiger partial charge in [-0.15, -0.1) is 0 Å². The summed E-state index contributed by atoms with van der Waals surface area (Å²) in [6.45, 7) is 3.37. The third kappa shape index (κ3) is 4.48. The Bertz CT molecular complexity index is 1070. The number of piperidine rings is 1. The van der Waals surface area contributed by atoms with Crippen LogP contribution in [-0.4, -0.2) is 34.5 Å². The van der Waals surface area contributed by atoms with Crippen LogP contribution in [0.1, 0.15) is 36.0 Å². The van der Waals surface area contributed by atoms with Crippen LogP contribution < -0.4 is 9.47 Å². The molecule has 0 unspecified atom stereocenters. The first-order valence-corrected chi connectivity index (χ1v) is 11.2. The highest BCUT2D eigenvalue weighted by Gasteiger charge is 2.42. The lowest BCUT2D eigenvalue weighted by molar-refractivity contribution is 0.000366. The monoisotopic (exact) mass is 428 g/mol. The molecule has 0 amide bonds. The van der Waals surface area contributed by atoms with Crippen LogP contribution >= 0.6 is 0 Å². The summed E-state index contributed by atoms with van der Waals surface area (Å²) >= 11 is 0. The lowest BCUT2D eigenvalue weighted by Gasteiger charge is -2.44. The Kier molecular flexibility index (Phi) is 5.82. The maximum absolute atomic E-state index is 9.78. The number of fused-ring (bicyclic) bond motifs is 1. The molecule has 1 spiro atoms. The molecular formula is C27H28N2O3. The van der Waals surface area contributed by atoms with Crippen LogP contribution in [0.5, 0.6) is 11.5 Å². The molecule has 2 heterocycles. The van der Waals surface area contributed by atoms with Crippen LogP contribution in [0, 0.1) is 0 Å². The third-order valence-corrected chi connectivity index (χ3v) is 6.46. The molecule has 0 radical (unpaired) electrons. The van der Waals surface area contributed by atoms with E-state index in [1.165, 1.54) is 5.56 Å². The molecule has 32 heavy (non-hydrogen) atoms. The van der Waals surface area contributed by atoms with Crippen LogP contribution in [0.25, 0.3) is 0 Å². The number of benzene rings is 3. The Morgan fingerprint density at radius 1 is 0.906 bits per heavy atom. The Hall–Kier alpha value is -3.31. The minimum atomic E-state index is -0.311. The Morgan fingerprint density at radius 3 is 2.28 bits per heavy atom. The number of likely N-dealkylation sites (tertiary alicyclic amines) is 1. The van der Waals surface area contributed by atoms with Crippen molar-refractivity contribution >= 4 is 5.71 Å². The second-order valence-corrected chi connectivity index (χ2v) is 8.70. The number of hydrogen-bond donors (Lipinski definition) is 1. The van der Waals surface area contributed by atoms with Crippen LogP contribution in [0.15, 0.2) is 84.0 Å². The van der Waals surface area contributed by atoms with Crippen molar-refractivity contribution in [3.05, 3.63) is 95.6 Å². The van der Waals surface area contributed by atoms with E-state index in [2.05, 4.69) is 40.4 Å². The minimum Gasteiger partial charge on any atom is -0.489 e. The average Bonchev–Trinajstić information content (AvgIpc) is 2.85. The summed E-state index contributed by atoms with van der Waals surface area (Å²) in [7, 11) is 0. The summed E-state index contributed by atoms with van der Waals surface area (Å²) in [6, 6.07) is 26.4. The number of oxime groups is 1. The molecule has 1 N–H and O–H groups in total. The summed E-state index contributed by atoms with van der Waals surface area (Å²) in [5, 5.41) is 13.4. The van der Waals surface area contributed by atoms with Crippen molar-refractivity contribution in [3.8, 4) is 11.5 Å². The van der Waals surface area contributed by atoms with Gasteiger partial charge >= 0.3 is 0 Å². The molecule has 0 atom stereocenters. The van der Waals surface area contributed by atoms with Crippen molar-refractivity contribution in [3.63, 3.8) is 0 Å². The van der Waals surface area contributed by atoms with E-state index in [0.717, 1.165) is 55.1 Å². The third-order valence-electron chi connectivity index (χ3n) is 6.46. The van der Waals surface area contributed by atoms with E-state index < -0.39 is 0 Å². The number of ether oxygens (including phenoxy) is 2. The minimum absolute atomic E-state index is 0.311. The zero-order valence-corrected chi connectivity index (χ0v) is 18.1. The number of nitrogens with zero attached hydrogens (tertiary/aromatic N) is 2. The first-order valence-electron chi connectivity index (χ1n) is 11.2. The largest absolute Gasteiger partial charge is 0.489 e. The molecule has 2 aliphatic heterocycles. The SMILES string of the molecule is O/N=C1\CC2(CCN(Cc3ccccc3)CC2)Oc2ccc(OCc3ccccc3)cc21. The van der Waals surface area contributed by atoms with Gasteiger partial charge in [-0.3, -0.25) is 4.90 Å². The number of rotatable bonds is 5. The van der Waals surface area contributed by atoms with Gasteiger partial charge in [-0.05, 0) is 29.3 Å². The fourth-order valence-corrected chi connectivity index (χ4v) is 4.65. The second-order valence-electron chi connectivity index (χ2n) is 8.70. The molecule has 1 fully saturated rings. The van der Waals surface area contributed by atoms with Crippen molar-refractivity contribution in [1.29, 1.82) is 0 Å². The zero-order chi connectivity index (χ0) is 21.8. The summed E-state index contributed by atoms with van der Waals surface area (Å²) < 4.78 is 12.5. The molecule has 0 saturated carbocycles. The summed E-state index contributed by atoms with van der Waals surface area (Å²) in [5.74, 6) is 1.51. The molecular weight excluding hydrogens is 400 g/mol. The fraction of sp³-hybridized carbons (Fsp3) is 0.296. The van der Waals surface area contributed by atoms with E-state index in [4.69, 9.17) is 9.47 Å². The van der Waals surface area contributed by atoms with E-state index in [9.17, 15) is 5.21 Å². The first kappa shape index (κ1) is 20.6. The lowest BCUT2D eigenvalue weighted by Crippen LogP contribution is -2.50. The summed E-state index contributed by atoms with van der Waals surface area (Å²) in [4.78, 5) is 2.47. The molecule has 164 valence electrons. The van der Waals surface area contributed by atoms with E-state index >= 15 is 0 Å². The quantitative estimate of drug-likeness (QED) is 0.445. The Balaban J connectivity index is 1.26. The smallest absolute Gasteiger partial charge is 0.129 e. The highest BCUT2D eigenvalue weighted by atomic mass is 16.5. The summed E-state index contributed by atoms with van der Waals surface area (Å²) in [5.41, 5.74) is 3.62. The van der Waals surface area contributed by atoms with Gasteiger partial charge in [-0.2, -0.15) is 0 Å². The van der Waals surface area contributed by atoms with Crippen LogP contribution in [0.2, 0.25) is 0 Å². The van der Waals surface area contributed by atoms with Crippen molar-refractivity contribution in [1.82, 2.24) is 4.90 Å². The molecule has 0 bridgehead atoms. The topological polar surface area (TPSA) is 54.3 Å². The molecule has 3 aromatic rings. The second kappa shape index (κ2) is 9.05. The van der Waals surface area contributed by atoms with Crippen LogP contribution in [0.4, 0.5) is 0 Å². The lowest BCUT2D eigenvalue weighted by atomic mass is 9.82. The molecule has 5 rings (SSSR count). The standard InChI is InChI=1S/C27H28N2O3/c30-28-25-18-27(13-15-29(16-14-27)19-21-7-3-1-4-8-21)32-26-12-11-23(17-24(25)26)31-20-22-9-5-2-6-10-22/h1-12,17,30H,13-16,18-20H2/b28-25+. The van der Waals surface area contributed by atoms with Crippen molar-refractivity contribution in [2.75, 3.05) is 13.1 Å². The van der Waals surface area contributed by atoms with E-state index in [1.807, 2.05) is 48.5 Å². The highest BCUT2D eigenvalue weighted by Crippen LogP contribution is 2.41. The maximum atomic E-state index is 9.78. The van der Waals surface area contributed by atoms with Gasteiger partial charge < -0.3 is 14.7 Å². The Morgan fingerprint density at radius 2 is 1.59 bits per heavy atom. The molecule has 2 aliphatic rings. The zero-order valence-electron chi connectivity index (χ0n) is 18.1. The van der Waals surface area contributed by atoms with Crippen molar-refractivity contribution in [2.45, 2.75) is 38.0 Å². The first-order chi connectivity index (χ1) is 15.7. The van der Waals surface area contributed by atoms with Crippen LogP contribution in [-0.2, 0) is 13.2 Å². The molecule has 3 aromatic carbocycles. The van der Waals surface area contributed by atoms with Gasteiger partial charge in [0.15, 0.2) is 0 Å². The van der Waals surface area contributed by atoms with Gasteiger partial charge in [0.2, 0.25) is 0 Å². The van der Waals surface area contributed by atoms with Gasteiger partial charge in [0.25, 0.3) is 0 Å². The molecule has 0 aliphatic carbocycles. The van der Waals surface area contributed by atoms with Gasteiger partial charge in [0, 0.05) is 44.5 Å². The predicted molar refractivity (Wildman–Crippen MR) is 124 cm³/mol.